The van der Waals surface area contributed by atoms with E-state index >= 15 is 0 Å². The van der Waals surface area contributed by atoms with Crippen molar-refractivity contribution in [3.05, 3.63) is 16.4 Å². The third kappa shape index (κ3) is 2.31. The highest BCUT2D eigenvalue weighted by molar-refractivity contribution is 6.30. The van der Waals surface area contributed by atoms with Crippen LogP contribution in [-0.4, -0.2) is 15.2 Å². The van der Waals surface area contributed by atoms with Crippen LogP contribution in [0.25, 0.3) is 0 Å². The van der Waals surface area contributed by atoms with Crippen molar-refractivity contribution in [3.8, 4) is 0 Å². The molecular weight excluding hydrogens is 231 g/mol. The molecule has 84 valence electrons. The van der Waals surface area contributed by atoms with Gasteiger partial charge in [0.1, 0.15) is 5.15 Å². The molecule has 0 spiro atoms. The fourth-order valence-electron chi connectivity index (χ4n) is 2.39. The summed E-state index contributed by atoms with van der Waals surface area (Å²) in [6.45, 7) is 2.02. The second kappa shape index (κ2) is 4.34. The van der Waals surface area contributed by atoms with Crippen molar-refractivity contribution in [2.24, 2.45) is 13.0 Å². The van der Waals surface area contributed by atoms with Crippen molar-refractivity contribution in [1.82, 2.24) is 9.78 Å². The molecule has 1 heterocycles. The van der Waals surface area contributed by atoms with Crippen LogP contribution >= 0.6 is 23.2 Å². The van der Waals surface area contributed by atoms with Crippen molar-refractivity contribution in [2.75, 3.05) is 0 Å². The highest BCUT2D eigenvalue weighted by Gasteiger charge is 2.25. The van der Waals surface area contributed by atoms with Crippen LogP contribution in [0.5, 0.6) is 0 Å². The first-order valence-electron chi connectivity index (χ1n) is 5.40. The zero-order valence-electron chi connectivity index (χ0n) is 9.13. The molecule has 2 unspecified atom stereocenters. The van der Waals surface area contributed by atoms with Crippen LogP contribution in [0.4, 0.5) is 0 Å². The van der Waals surface area contributed by atoms with Gasteiger partial charge in [-0.05, 0) is 38.5 Å². The van der Waals surface area contributed by atoms with Crippen LogP contribution in [0.3, 0.4) is 0 Å². The Hall–Kier alpha value is -0.210. The van der Waals surface area contributed by atoms with Crippen LogP contribution < -0.4 is 0 Å². The number of halogens is 2. The molecule has 1 fully saturated rings. The Labute approximate surface area is 101 Å². The Morgan fingerprint density at radius 3 is 2.67 bits per heavy atom. The van der Waals surface area contributed by atoms with Gasteiger partial charge in [-0.25, -0.2) is 0 Å². The van der Waals surface area contributed by atoms with Gasteiger partial charge in [-0.1, -0.05) is 11.6 Å². The van der Waals surface area contributed by atoms with Gasteiger partial charge in [0, 0.05) is 18.0 Å². The Balaban J connectivity index is 2.10. The average molecular weight is 247 g/mol. The van der Waals surface area contributed by atoms with Gasteiger partial charge in [-0.2, -0.15) is 5.10 Å². The summed E-state index contributed by atoms with van der Waals surface area (Å²) < 4.78 is 1.75. The molecular formula is C11H16Cl2N2. The second-order valence-corrected chi connectivity index (χ2v) is 5.43. The zero-order chi connectivity index (χ0) is 11.0. The Kier molecular flexibility index (Phi) is 3.27. The molecule has 1 aliphatic rings. The smallest absolute Gasteiger partial charge is 0.130 e. The van der Waals surface area contributed by atoms with Crippen molar-refractivity contribution >= 4 is 23.2 Å². The zero-order valence-corrected chi connectivity index (χ0v) is 10.6. The van der Waals surface area contributed by atoms with Crippen molar-refractivity contribution < 1.29 is 0 Å². The van der Waals surface area contributed by atoms with E-state index in [1.165, 1.54) is 12.0 Å². The number of nitrogens with zero attached hydrogens (tertiary/aromatic N) is 2. The first-order chi connectivity index (χ1) is 7.08. The third-order valence-electron chi connectivity index (χ3n) is 3.24. The van der Waals surface area contributed by atoms with E-state index < -0.39 is 0 Å². The summed E-state index contributed by atoms with van der Waals surface area (Å²) in [5.41, 5.74) is 2.26. The molecule has 2 nitrogen and oxygen atoms in total. The molecule has 0 amide bonds. The Morgan fingerprint density at radius 2 is 2.20 bits per heavy atom. The highest BCUT2D eigenvalue weighted by atomic mass is 35.5. The molecule has 0 radical (unpaired) electrons. The summed E-state index contributed by atoms with van der Waals surface area (Å²) in [7, 11) is 1.89. The maximum atomic E-state index is 6.20. The van der Waals surface area contributed by atoms with Gasteiger partial charge in [-0.3, -0.25) is 4.68 Å². The molecule has 4 heteroatoms. The highest BCUT2D eigenvalue weighted by Crippen LogP contribution is 2.34. The number of aryl methyl sites for hydroxylation is 2. The summed E-state index contributed by atoms with van der Waals surface area (Å²) in [6, 6.07) is 0. The van der Waals surface area contributed by atoms with Crippen LogP contribution in [-0.2, 0) is 13.5 Å². The topological polar surface area (TPSA) is 17.8 Å². The van der Waals surface area contributed by atoms with Crippen LogP contribution in [0.2, 0.25) is 5.15 Å². The van der Waals surface area contributed by atoms with Crippen molar-refractivity contribution in [2.45, 2.75) is 38.0 Å². The quantitative estimate of drug-likeness (QED) is 0.733. The molecule has 1 aromatic rings. The summed E-state index contributed by atoms with van der Waals surface area (Å²) >= 11 is 12.3. The van der Waals surface area contributed by atoms with Gasteiger partial charge in [0.05, 0.1) is 5.69 Å². The molecule has 2 rings (SSSR count). The first kappa shape index (κ1) is 11.3. The molecule has 1 aromatic heterocycles. The average Bonchev–Trinajstić information content (AvgIpc) is 2.67. The van der Waals surface area contributed by atoms with Gasteiger partial charge >= 0.3 is 0 Å². The lowest BCUT2D eigenvalue weighted by Gasteiger charge is -2.08. The number of hydrogen-bond donors (Lipinski definition) is 0. The number of aromatic nitrogens is 2. The molecule has 0 aliphatic heterocycles. The minimum absolute atomic E-state index is 0.366. The van der Waals surface area contributed by atoms with Crippen molar-refractivity contribution in [1.29, 1.82) is 0 Å². The van der Waals surface area contributed by atoms with E-state index in [0.717, 1.165) is 30.1 Å². The number of hydrogen-bond acceptors (Lipinski definition) is 1. The predicted molar refractivity (Wildman–Crippen MR) is 63.6 cm³/mol. The van der Waals surface area contributed by atoms with E-state index in [4.69, 9.17) is 23.2 Å². The van der Waals surface area contributed by atoms with Crippen LogP contribution in [0, 0.1) is 12.8 Å². The lowest BCUT2D eigenvalue weighted by molar-refractivity contribution is 0.546. The lowest BCUT2D eigenvalue weighted by Crippen LogP contribution is -2.01. The fourth-order valence-corrected chi connectivity index (χ4v) is 3.02. The monoisotopic (exact) mass is 246 g/mol. The standard InChI is InChI=1S/C11H16Cl2N2/c1-7-10(11(13)15(2)14-7)6-8-3-4-9(12)5-8/h8-9H,3-6H2,1-2H3. The summed E-state index contributed by atoms with van der Waals surface area (Å²) in [5, 5.41) is 5.47. The third-order valence-corrected chi connectivity index (χ3v) is 4.11. The molecule has 0 saturated heterocycles. The number of alkyl halides is 1. The molecule has 15 heavy (non-hydrogen) atoms. The van der Waals surface area contributed by atoms with Gasteiger partial charge in [0.25, 0.3) is 0 Å². The molecule has 0 N–H and O–H groups in total. The second-order valence-electron chi connectivity index (χ2n) is 4.46. The van der Waals surface area contributed by atoms with Gasteiger partial charge in [0.2, 0.25) is 0 Å². The number of rotatable bonds is 2. The van der Waals surface area contributed by atoms with E-state index in [9.17, 15) is 0 Å². The van der Waals surface area contributed by atoms with Crippen LogP contribution in [0.15, 0.2) is 0 Å². The van der Waals surface area contributed by atoms with Gasteiger partial charge in [0.15, 0.2) is 0 Å². The molecule has 1 saturated carbocycles. The molecule has 0 bridgehead atoms. The minimum atomic E-state index is 0.366. The maximum Gasteiger partial charge on any atom is 0.130 e. The maximum absolute atomic E-state index is 6.20. The van der Waals surface area contributed by atoms with E-state index in [-0.39, 0.29) is 0 Å². The van der Waals surface area contributed by atoms with E-state index in [1.54, 1.807) is 4.68 Å². The van der Waals surface area contributed by atoms with Crippen LogP contribution in [0.1, 0.15) is 30.5 Å². The predicted octanol–water partition coefficient (Wildman–Crippen LogP) is 3.33. The lowest BCUT2D eigenvalue weighted by atomic mass is 9.99. The Morgan fingerprint density at radius 1 is 1.47 bits per heavy atom. The normalized spacial score (nSPS) is 26.1. The van der Waals surface area contributed by atoms with E-state index in [0.29, 0.717) is 11.3 Å². The molecule has 0 aromatic carbocycles. The summed E-state index contributed by atoms with van der Waals surface area (Å²) in [4.78, 5) is 0. The largest absolute Gasteiger partial charge is 0.257 e. The fraction of sp³-hybridized carbons (Fsp3) is 0.727. The SMILES string of the molecule is Cc1nn(C)c(Cl)c1CC1CCC(Cl)C1. The summed E-state index contributed by atoms with van der Waals surface area (Å²) in [5.74, 6) is 0.688. The van der Waals surface area contributed by atoms with Gasteiger partial charge < -0.3 is 0 Å². The first-order valence-corrected chi connectivity index (χ1v) is 6.21. The van der Waals surface area contributed by atoms with Crippen molar-refractivity contribution in [3.63, 3.8) is 0 Å². The Bertz CT molecular complexity index is 360. The van der Waals surface area contributed by atoms with Gasteiger partial charge in [-0.15, -0.1) is 11.6 Å². The van der Waals surface area contributed by atoms with E-state index in [1.807, 2.05) is 14.0 Å². The van der Waals surface area contributed by atoms with E-state index in [2.05, 4.69) is 5.10 Å². The molecule has 2 atom stereocenters. The minimum Gasteiger partial charge on any atom is -0.257 e. The molecule has 1 aliphatic carbocycles. The summed E-state index contributed by atoms with van der Waals surface area (Å²) in [6.07, 6.45) is 4.51.